The van der Waals surface area contributed by atoms with Gasteiger partial charge < -0.3 is 14.8 Å². The minimum absolute atomic E-state index is 0.0432. The number of ketones is 1. The number of amides is 1. The van der Waals surface area contributed by atoms with E-state index in [9.17, 15) is 14.9 Å². The van der Waals surface area contributed by atoms with Crippen molar-refractivity contribution < 1.29 is 19.1 Å². The van der Waals surface area contributed by atoms with E-state index < -0.39 is 0 Å². The summed E-state index contributed by atoms with van der Waals surface area (Å²) in [5, 5.41) is 12.5. The van der Waals surface area contributed by atoms with Gasteiger partial charge in [0.2, 0.25) is 0 Å². The number of ether oxygens (including phenoxy) is 2. The number of hydrogen-bond acceptors (Lipinski definition) is 5. The molecule has 34 heavy (non-hydrogen) atoms. The molecule has 0 bridgehead atoms. The maximum Gasteiger partial charge on any atom is 0.262 e. The first-order valence-corrected chi connectivity index (χ1v) is 11.7. The van der Waals surface area contributed by atoms with Crippen molar-refractivity contribution in [3.8, 4) is 17.6 Å². The highest BCUT2D eigenvalue weighted by Gasteiger charge is 2.18. The van der Waals surface area contributed by atoms with E-state index in [1.165, 1.54) is 19.6 Å². The second-order valence-electron chi connectivity index (χ2n) is 8.85. The largest absolute Gasteiger partial charge is 0.493 e. The first kappa shape index (κ1) is 25.0. The molecule has 2 aromatic rings. The Kier molecular flexibility index (Phi) is 8.48. The van der Waals surface area contributed by atoms with Gasteiger partial charge in [0, 0.05) is 11.6 Å². The van der Waals surface area contributed by atoms with Crippen LogP contribution in [-0.4, -0.2) is 31.4 Å². The van der Waals surface area contributed by atoms with Gasteiger partial charge in [0.15, 0.2) is 23.9 Å². The summed E-state index contributed by atoms with van der Waals surface area (Å²) in [6.07, 6.45) is 6.82. The van der Waals surface area contributed by atoms with Crippen LogP contribution in [0.15, 0.2) is 35.9 Å². The fourth-order valence-electron chi connectivity index (χ4n) is 4.20. The number of aryl methyl sites for hydroxylation is 3. The molecule has 1 aliphatic carbocycles. The highest BCUT2D eigenvalue weighted by molar-refractivity contribution is 6.02. The molecule has 0 aliphatic heterocycles. The van der Waals surface area contributed by atoms with E-state index in [-0.39, 0.29) is 29.9 Å². The van der Waals surface area contributed by atoms with Crippen molar-refractivity contribution in [3.63, 3.8) is 0 Å². The normalized spacial score (nSPS) is 14.3. The van der Waals surface area contributed by atoms with Crippen LogP contribution in [0.1, 0.15) is 64.7 Å². The monoisotopic (exact) mass is 460 g/mol. The van der Waals surface area contributed by atoms with Crippen LogP contribution in [0.2, 0.25) is 0 Å². The predicted molar refractivity (Wildman–Crippen MR) is 132 cm³/mol. The van der Waals surface area contributed by atoms with Gasteiger partial charge in [0.05, 0.1) is 7.11 Å². The molecule has 0 unspecified atom stereocenters. The van der Waals surface area contributed by atoms with Gasteiger partial charge in [-0.1, -0.05) is 31.4 Å². The van der Waals surface area contributed by atoms with Crippen molar-refractivity contribution in [1.82, 2.24) is 5.32 Å². The number of nitrogens with zero attached hydrogens (tertiary/aromatic N) is 1. The lowest BCUT2D eigenvalue weighted by atomic mass is 9.95. The Bertz CT molecular complexity index is 1140. The van der Waals surface area contributed by atoms with Gasteiger partial charge in [-0.2, -0.15) is 5.26 Å². The zero-order chi connectivity index (χ0) is 24.7. The molecule has 0 heterocycles. The number of carbonyl (C=O) groups excluding carboxylic acids is 2. The molecule has 6 heteroatoms. The zero-order valence-electron chi connectivity index (χ0n) is 20.4. The van der Waals surface area contributed by atoms with Crippen molar-refractivity contribution in [2.75, 3.05) is 13.7 Å². The smallest absolute Gasteiger partial charge is 0.262 e. The minimum Gasteiger partial charge on any atom is -0.493 e. The van der Waals surface area contributed by atoms with Crippen molar-refractivity contribution in [3.05, 3.63) is 63.7 Å². The van der Waals surface area contributed by atoms with E-state index in [1.54, 1.807) is 18.2 Å². The zero-order valence-corrected chi connectivity index (χ0v) is 20.4. The van der Waals surface area contributed by atoms with Crippen LogP contribution in [0.4, 0.5) is 0 Å². The van der Waals surface area contributed by atoms with Crippen LogP contribution in [0.25, 0.3) is 6.08 Å². The molecule has 3 rings (SSSR count). The third-order valence-corrected chi connectivity index (χ3v) is 6.30. The summed E-state index contributed by atoms with van der Waals surface area (Å²) in [7, 11) is 1.51. The Morgan fingerprint density at radius 1 is 1.03 bits per heavy atom. The molecular weight excluding hydrogens is 428 g/mol. The van der Waals surface area contributed by atoms with E-state index in [0.717, 1.165) is 42.4 Å². The van der Waals surface area contributed by atoms with Crippen LogP contribution in [0.5, 0.6) is 11.5 Å². The molecule has 1 amide bonds. The summed E-state index contributed by atoms with van der Waals surface area (Å²) in [5.41, 5.74) is 4.44. The second kappa shape index (κ2) is 11.5. The lowest BCUT2D eigenvalue weighted by Gasteiger charge is -2.22. The SMILES string of the molecule is COc1cc(C=C(C#N)C(=O)NC2CCCCC2)ccc1OCC(=O)c1cc(C)c(C)cc1C. The topological polar surface area (TPSA) is 88.4 Å². The van der Waals surface area contributed by atoms with E-state index in [1.807, 2.05) is 39.0 Å². The van der Waals surface area contributed by atoms with Crippen LogP contribution < -0.4 is 14.8 Å². The molecule has 1 aliphatic rings. The van der Waals surface area contributed by atoms with Crippen molar-refractivity contribution in [2.24, 2.45) is 0 Å². The number of Topliss-reactive ketones (excluding diaryl/α,β-unsaturated/α-hetero) is 1. The van der Waals surface area contributed by atoms with Gasteiger partial charge in [-0.15, -0.1) is 0 Å². The Balaban J connectivity index is 1.71. The van der Waals surface area contributed by atoms with Crippen LogP contribution in [0, 0.1) is 32.1 Å². The molecule has 0 saturated heterocycles. The molecule has 1 saturated carbocycles. The van der Waals surface area contributed by atoms with E-state index >= 15 is 0 Å². The summed E-state index contributed by atoms with van der Waals surface area (Å²) >= 11 is 0. The van der Waals surface area contributed by atoms with Crippen LogP contribution in [-0.2, 0) is 4.79 Å². The molecule has 0 radical (unpaired) electrons. The maximum absolute atomic E-state index is 12.7. The molecule has 178 valence electrons. The van der Waals surface area contributed by atoms with Gasteiger partial charge in [0.25, 0.3) is 5.91 Å². The fraction of sp³-hybridized carbons (Fsp3) is 0.393. The number of carbonyl (C=O) groups is 2. The van der Waals surface area contributed by atoms with Crippen molar-refractivity contribution in [2.45, 2.75) is 58.9 Å². The van der Waals surface area contributed by atoms with Gasteiger partial charge in [-0.3, -0.25) is 9.59 Å². The molecule has 6 nitrogen and oxygen atoms in total. The number of hydrogen-bond donors (Lipinski definition) is 1. The van der Waals surface area contributed by atoms with Crippen LogP contribution >= 0.6 is 0 Å². The third kappa shape index (κ3) is 6.26. The van der Waals surface area contributed by atoms with Gasteiger partial charge in [-0.25, -0.2) is 0 Å². The lowest BCUT2D eigenvalue weighted by molar-refractivity contribution is -0.117. The summed E-state index contributed by atoms with van der Waals surface area (Å²) in [4.78, 5) is 25.3. The maximum atomic E-state index is 12.7. The average Bonchev–Trinajstić information content (AvgIpc) is 2.84. The molecule has 0 atom stereocenters. The lowest BCUT2D eigenvalue weighted by Crippen LogP contribution is -2.36. The highest BCUT2D eigenvalue weighted by atomic mass is 16.5. The summed E-state index contributed by atoms with van der Waals surface area (Å²) in [6.45, 7) is 5.79. The van der Waals surface area contributed by atoms with E-state index in [2.05, 4.69) is 5.32 Å². The average molecular weight is 461 g/mol. The predicted octanol–water partition coefficient (Wildman–Crippen LogP) is 5.24. The standard InChI is InChI=1S/C28H32N2O4/c1-18-12-20(3)24(13-19(18)2)25(31)17-34-26-11-10-21(15-27(26)33-4)14-22(16-29)28(32)30-23-8-6-5-7-9-23/h10-15,23H,5-9,17H2,1-4H3,(H,30,32). The Hall–Kier alpha value is -3.59. The summed E-state index contributed by atoms with van der Waals surface area (Å²) in [6, 6.07) is 11.1. The number of methoxy groups -OCH3 is 1. The molecular formula is C28H32N2O4. The molecule has 0 aromatic heterocycles. The first-order valence-electron chi connectivity index (χ1n) is 11.7. The van der Waals surface area contributed by atoms with Crippen molar-refractivity contribution >= 4 is 17.8 Å². The second-order valence-corrected chi connectivity index (χ2v) is 8.85. The summed E-state index contributed by atoms with van der Waals surface area (Å²) in [5.74, 6) is 0.365. The Morgan fingerprint density at radius 2 is 1.74 bits per heavy atom. The number of rotatable bonds is 8. The number of nitrogens with one attached hydrogen (secondary N) is 1. The minimum atomic E-state index is -0.358. The first-order chi connectivity index (χ1) is 16.3. The van der Waals surface area contributed by atoms with Gasteiger partial charge in [0.1, 0.15) is 11.6 Å². The quantitative estimate of drug-likeness (QED) is 0.331. The molecule has 2 aromatic carbocycles. The molecule has 1 fully saturated rings. The highest BCUT2D eigenvalue weighted by Crippen LogP contribution is 2.29. The molecule has 0 spiro atoms. The number of nitriles is 1. The fourth-order valence-corrected chi connectivity index (χ4v) is 4.20. The van der Waals surface area contributed by atoms with Crippen LogP contribution in [0.3, 0.4) is 0 Å². The van der Waals surface area contributed by atoms with Gasteiger partial charge >= 0.3 is 0 Å². The van der Waals surface area contributed by atoms with E-state index in [4.69, 9.17) is 9.47 Å². The van der Waals surface area contributed by atoms with E-state index in [0.29, 0.717) is 22.6 Å². The molecule has 1 N–H and O–H groups in total. The Morgan fingerprint density at radius 3 is 2.41 bits per heavy atom. The third-order valence-electron chi connectivity index (χ3n) is 6.30. The Labute approximate surface area is 201 Å². The number of benzene rings is 2. The van der Waals surface area contributed by atoms with Crippen molar-refractivity contribution in [1.29, 1.82) is 5.26 Å². The van der Waals surface area contributed by atoms with Gasteiger partial charge in [-0.05, 0) is 80.1 Å². The summed E-state index contributed by atoms with van der Waals surface area (Å²) < 4.78 is 11.2.